The molecule has 6 nitrogen and oxygen atoms in total. The summed E-state index contributed by atoms with van der Waals surface area (Å²) in [4.78, 5) is 12.0. The molecular weight excluding hydrogens is 521 g/mol. The quantitative estimate of drug-likeness (QED) is 0.188. The van der Waals surface area contributed by atoms with E-state index in [1.807, 2.05) is 20.8 Å². The number of aryl methyl sites for hydroxylation is 1. The second-order valence-corrected chi connectivity index (χ2v) is 11.8. The number of carbonyl (C=O) groups is 1. The molecule has 0 aliphatic heterocycles. The van der Waals surface area contributed by atoms with Crippen molar-refractivity contribution in [2.45, 2.75) is 42.0 Å². The van der Waals surface area contributed by atoms with E-state index in [1.165, 1.54) is 30.3 Å². The van der Waals surface area contributed by atoms with Crippen LogP contribution in [0.4, 0.5) is 10.1 Å². The van der Waals surface area contributed by atoms with Crippen LogP contribution in [0, 0.1) is 18.2 Å². The predicted molar refractivity (Wildman–Crippen MR) is 161 cm³/mol. The van der Waals surface area contributed by atoms with Crippen LogP contribution in [0.1, 0.15) is 42.1 Å². The van der Waals surface area contributed by atoms with Crippen LogP contribution in [0.5, 0.6) is 0 Å². The standard InChI is InChI=1S/C28H24B4FN3O3S/c1-16(2)26-25(28(31,32)27(29,30)15-37)22-13-23(35-40(38,39)21-10-4-17(3)5-11-21)18(14-34)12-24(22)36(26)20-8-6-19(33)7-9-20/h4-16,34-35H,1-3H3. The number of aromatic nitrogens is 1. The van der Waals surface area contributed by atoms with Gasteiger partial charge in [-0.2, -0.15) is 0 Å². The Bertz CT molecular complexity index is 1720. The minimum absolute atomic E-state index is 0.0250. The van der Waals surface area contributed by atoms with Crippen LogP contribution < -0.4 is 4.72 Å². The molecule has 8 radical (unpaired) electrons. The van der Waals surface area contributed by atoms with Crippen molar-refractivity contribution in [3.05, 3.63) is 88.9 Å². The summed E-state index contributed by atoms with van der Waals surface area (Å²) < 4.78 is 44.7. The van der Waals surface area contributed by atoms with Crippen LogP contribution in [0.15, 0.2) is 65.6 Å². The van der Waals surface area contributed by atoms with Gasteiger partial charge >= 0.3 is 0 Å². The van der Waals surface area contributed by atoms with Crippen molar-refractivity contribution in [3.63, 3.8) is 0 Å². The zero-order chi connectivity index (χ0) is 29.6. The van der Waals surface area contributed by atoms with E-state index in [0.717, 1.165) is 11.8 Å². The maximum Gasteiger partial charge on any atom is 0.261 e. The molecule has 0 bridgehead atoms. The van der Waals surface area contributed by atoms with Crippen LogP contribution in [0.25, 0.3) is 16.6 Å². The molecule has 40 heavy (non-hydrogen) atoms. The van der Waals surface area contributed by atoms with Gasteiger partial charge in [-0.05, 0) is 66.9 Å². The number of rotatable bonds is 9. The Labute approximate surface area is 238 Å². The number of nitrogens with one attached hydrogen (secondary N) is 2. The van der Waals surface area contributed by atoms with E-state index < -0.39 is 26.3 Å². The van der Waals surface area contributed by atoms with Gasteiger partial charge in [0.05, 0.1) is 47.5 Å². The van der Waals surface area contributed by atoms with Crippen molar-refractivity contribution in [3.8, 4) is 5.69 Å². The Morgan fingerprint density at radius 1 is 1.00 bits per heavy atom. The number of fused-ring (bicyclic) bond motifs is 1. The van der Waals surface area contributed by atoms with Crippen molar-refractivity contribution >= 4 is 70.5 Å². The molecular formula is C28H24B4FN3O3S. The molecule has 12 heteroatoms. The summed E-state index contributed by atoms with van der Waals surface area (Å²) in [5, 5.41) is 4.04. The van der Waals surface area contributed by atoms with Gasteiger partial charge in [0.25, 0.3) is 10.0 Å². The number of benzene rings is 3. The molecule has 4 rings (SSSR count). The maximum atomic E-state index is 13.8. The number of carbonyl (C=O) groups excluding carboxylic acids is 1. The third kappa shape index (κ3) is 5.05. The minimum Gasteiger partial charge on any atom is -0.313 e. The van der Waals surface area contributed by atoms with Gasteiger partial charge in [0.15, 0.2) is 0 Å². The first-order valence-electron chi connectivity index (χ1n) is 12.3. The zero-order valence-corrected chi connectivity index (χ0v) is 23.1. The van der Waals surface area contributed by atoms with E-state index in [0.29, 0.717) is 22.3 Å². The molecule has 0 fully saturated rings. The highest BCUT2D eigenvalue weighted by atomic mass is 32.2. The fourth-order valence-corrected chi connectivity index (χ4v) is 5.74. The summed E-state index contributed by atoms with van der Waals surface area (Å²) in [6, 6.07) is 15.0. The van der Waals surface area contributed by atoms with Crippen molar-refractivity contribution in [1.82, 2.24) is 4.57 Å². The Morgan fingerprint density at radius 2 is 1.60 bits per heavy atom. The van der Waals surface area contributed by atoms with Gasteiger partial charge in [-0.3, -0.25) is 4.72 Å². The van der Waals surface area contributed by atoms with Gasteiger partial charge in [-0.25, -0.2) is 12.8 Å². The Morgan fingerprint density at radius 3 is 2.12 bits per heavy atom. The first kappa shape index (κ1) is 29.5. The number of sulfonamides is 1. The molecule has 0 aliphatic rings. The molecule has 0 atom stereocenters. The maximum absolute atomic E-state index is 13.8. The van der Waals surface area contributed by atoms with Gasteiger partial charge in [0, 0.05) is 28.5 Å². The first-order chi connectivity index (χ1) is 18.6. The molecule has 0 saturated heterocycles. The second kappa shape index (κ2) is 10.5. The lowest BCUT2D eigenvalue weighted by Crippen LogP contribution is -2.44. The molecule has 0 unspecified atom stereocenters. The van der Waals surface area contributed by atoms with E-state index in [2.05, 4.69) is 4.72 Å². The smallest absolute Gasteiger partial charge is 0.261 e. The number of nitrogens with zero attached hydrogens (tertiary/aromatic N) is 1. The van der Waals surface area contributed by atoms with Crippen LogP contribution in [0.3, 0.4) is 0 Å². The number of hydrogen-bond acceptors (Lipinski definition) is 4. The zero-order valence-electron chi connectivity index (χ0n) is 22.3. The van der Waals surface area contributed by atoms with Crippen LogP contribution in [-0.4, -0.2) is 56.9 Å². The number of hydrogen-bond donors (Lipinski definition) is 2. The third-order valence-corrected chi connectivity index (χ3v) is 8.24. The highest BCUT2D eigenvalue weighted by molar-refractivity contribution is 7.92. The highest BCUT2D eigenvalue weighted by Gasteiger charge is 2.41. The van der Waals surface area contributed by atoms with Crippen LogP contribution in [-0.2, 0) is 20.0 Å². The molecule has 1 aromatic heterocycles. The lowest BCUT2D eigenvalue weighted by molar-refractivity contribution is -0.108. The van der Waals surface area contributed by atoms with Crippen LogP contribution >= 0.6 is 0 Å². The molecule has 194 valence electrons. The average Bonchev–Trinajstić information content (AvgIpc) is 3.23. The van der Waals surface area contributed by atoms with Crippen LogP contribution in [0.2, 0.25) is 5.21 Å². The summed E-state index contributed by atoms with van der Waals surface area (Å²) in [5.41, 5.74) is 2.90. The normalized spacial score (nSPS) is 12.5. The summed E-state index contributed by atoms with van der Waals surface area (Å²) in [5.74, 6) is -0.729. The monoisotopic (exact) mass is 545 g/mol. The van der Waals surface area contributed by atoms with E-state index in [-0.39, 0.29) is 33.9 Å². The molecule has 1 heterocycles. The van der Waals surface area contributed by atoms with E-state index in [4.69, 9.17) is 36.8 Å². The number of anilines is 1. The highest BCUT2D eigenvalue weighted by Crippen LogP contribution is 2.47. The fourth-order valence-electron chi connectivity index (χ4n) is 4.66. The van der Waals surface area contributed by atoms with Gasteiger partial charge in [0.1, 0.15) is 12.1 Å². The average molecular weight is 545 g/mol. The van der Waals surface area contributed by atoms with Crippen molar-refractivity contribution in [2.24, 2.45) is 0 Å². The van der Waals surface area contributed by atoms with Crippen molar-refractivity contribution in [1.29, 1.82) is 5.41 Å². The first-order valence-corrected chi connectivity index (χ1v) is 13.8. The summed E-state index contributed by atoms with van der Waals surface area (Å²) in [6.07, 6.45) is 1.26. The van der Waals surface area contributed by atoms with Gasteiger partial charge < -0.3 is 14.8 Å². The summed E-state index contributed by atoms with van der Waals surface area (Å²) in [6.45, 7) is 5.56. The minimum atomic E-state index is -4.06. The van der Waals surface area contributed by atoms with Crippen molar-refractivity contribution < 1.29 is 17.6 Å². The van der Waals surface area contributed by atoms with Gasteiger partial charge in [-0.15, -0.1) is 0 Å². The molecule has 0 saturated carbocycles. The van der Waals surface area contributed by atoms with Gasteiger partial charge in [-0.1, -0.05) is 42.0 Å². The predicted octanol–water partition coefficient (Wildman–Crippen LogP) is 4.14. The number of halogens is 1. The summed E-state index contributed by atoms with van der Waals surface area (Å²) in [7, 11) is 21.2. The Kier molecular flexibility index (Phi) is 7.71. The van der Waals surface area contributed by atoms with Gasteiger partial charge in [0.2, 0.25) is 0 Å². The molecule has 0 amide bonds. The third-order valence-electron chi connectivity index (χ3n) is 6.86. The lowest BCUT2D eigenvalue weighted by atomic mass is 9.28. The van der Waals surface area contributed by atoms with Crippen molar-refractivity contribution in [2.75, 3.05) is 4.72 Å². The molecule has 0 spiro atoms. The molecule has 3 aromatic carbocycles. The van der Waals surface area contributed by atoms with E-state index >= 15 is 0 Å². The molecule has 4 aromatic rings. The topological polar surface area (TPSA) is 92.0 Å². The summed E-state index contributed by atoms with van der Waals surface area (Å²) >= 11 is 0. The largest absolute Gasteiger partial charge is 0.313 e. The second-order valence-electron chi connectivity index (χ2n) is 10.2. The Balaban J connectivity index is 2.11. The molecule has 2 N–H and O–H groups in total. The number of aldehydes is 1. The Hall–Kier alpha value is -3.52. The fraction of sp³-hybridized carbons (Fsp3) is 0.214. The van der Waals surface area contributed by atoms with E-state index in [9.17, 15) is 17.6 Å². The SMILES string of the molecule is [B]C([B])(C=O)C([B])([B])c1c(C(C)C)n(-c2ccc(F)cc2)c2cc(C=N)c(NS(=O)(=O)c3ccc(C)cc3)cc12. The van der Waals surface area contributed by atoms with E-state index in [1.54, 1.807) is 34.9 Å². The molecule has 0 aliphatic carbocycles. The lowest BCUT2D eigenvalue weighted by Gasteiger charge is -2.41.